The van der Waals surface area contributed by atoms with Crippen molar-refractivity contribution in [3.63, 3.8) is 0 Å². The molecule has 0 aliphatic carbocycles. The Hall–Kier alpha value is -6.69. The Morgan fingerprint density at radius 1 is 0.686 bits per heavy atom. The van der Waals surface area contributed by atoms with Gasteiger partial charge in [0.15, 0.2) is 0 Å². The number of allylic oxidation sites excluding steroid dienone is 16. The van der Waals surface area contributed by atoms with E-state index in [1.54, 1.807) is 12.2 Å². The molecular formula is C49H42N2. The molecule has 0 aliphatic heterocycles. The molecule has 2 aromatic heterocycles. The minimum absolute atomic E-state index is 0.811. The second-order valence-corrected chi connectivity index (χ2v) is 11.5. The molecule has 2 nitrogen and oxygen atoms in total. The highest BCUT2D eigenvalue weighted by molar-refractivity contribution is 5.98. The van der Waals surface area contributed by atoms with Gasteiger partial charge in [-0.25, -0.2) is 4.98 Å². The van der Waals surface area contributed by atoms with Gasteiger partial charge in [-0.2, -0.15) is 0 Å². The molecule has 2 heteroatoms. The van der Waals surface area contributed by atoms with Crippen LogP contribution in [0.5, 0.6) is 0 Å². The second kappa shape index (κ2) is 18.7. The lowest BCUT2D eigenvalue weighted by Crippen LogP contribution is -2.00. The number of benzene rings is 3. The Kier molecular flexibility index (Phi) is 13.1. The van der Waals surface area contributed by atoms with Crippen molar-refractivity contribution in [2.75, 3.05) is 0 Å². The highest BCUT2D eigenvalue weighted by Crippen LogP contribution is 2.35. The lowest BCUT2D eigenvalue weighted by molar-refractivity contribution is 1.03. The number of fused-ring (bicyclic) bond motifs is 1. The van der Waals surface area contributed by atoms with Gasteiger partial charge >= 0.3 is 0 Å². The third kappa shape index (κ3) is 9.48. The predicted molar refractivity (Wildman–Crippen MR) is 223 cm³/mol. The van der Waals surface area contributed by atoms with Crippen LogP contribution in [0, 0.1) is 11.8 Å². The lowest BCUT2D eigenvalue weighted by Gasteiger charge is -2.11. The van der Waals surface area contributed by atoms with Crippen LogP contribution in [0.3, 0.4) is 0 Å². The van der Waals surface area contributed by atoms with Crippen molar-refractivity contribution in [3.8, 4) is 28.8 Å². The van der Waals surface area contributed by atoms with Crippen LogP contribution in [0.15, 0.2) is 195 Å². The third-order valence-corrected chi connectivity index (χ3v) is 8.02. The smallest absolute Gasteiger partial charge is 0.137 e. The maximum atomic E-state index is 5.07. The van der Waals surface area contributed by atoms with E-state index >= 15 is 0 Å². The topological polar surface area (TPSA) is 17.8 Å². The van der Waals surface area contributed by atoms with Crippen LogP contribution in [-0.4, -0.2) is 9.55 Å². The van der Waals surface area contributed by atoms with Gasteiger partial charge in [-0.1, -0.05) is 165 Å². The molecule has 248 valence electrons. The summed E-state index contributed by atoms with van der Waals surface area (Å²) in [6.07, 6.45) is 33.8. The van der Waals surface area contributed by atoms with E-state index in [9.17, 15) is 0 Å². The molecule has 0 aliphatic rings. The Labute approximate surface area is 303 Å². The van der Waals surface area contributed by atoms with Crippen molar-refractivity contribution in [2.45, 2.75) is 13.8 Å². The molecule has 0 amide bonds. The average molecular weight is 659 g/mol. The van der Waals surface area contributed by atoms with Gasteiger partial charge in [0.2, 0.25) is 0 Å². The van der Waals surface area contributed by atoms with E-state index in [0.29, 0.717) is 0 Å². The molecular weight excluding hydrogens is 617 g/mol. The van der Waals surface area contributed by atoms with Crippen LogP contribution < -0.4 is 0 Å². The Morgan fingerprint density at radius 2 is 1.41 bits per heavy atom. The van der Waals surface area contributed by atoms with Crippen molar-refractivity contribution in [1.29, 1.82) is 0 Å². The SMILES string of the molecule is C=C/C=C\C#C/C=C\c1c(/C=C/C)c2cc(-c3ccccc3)ccc2n1-c1ccc(C(/C=C/C=C/C=C\C=C/C)=C/C(=C)c2ccccc2)cn1. The Balaban J connectivity index is 1.62. The number of hydrogen-bond donors (Lipinski definition) is 0. The van der Waals surface area contributed by atoms with Crippen LogP contribution in [-0.2, 0) is 0 Å². The van der Waals surface area contributed by atoms with Gasteiger partial charge in [-0.05, 0) is 90.3 Å². The third-order valence-electron chi connectivity index (χ3n) is 8.02. The van der Waals surface area contributed by atoms with E-state index in [1.165, 1.54) is 5.56 Å². The zero-order valence-electron chi connectivity index (χ0n) is 29.3. The summed E-state index contributed by atoms with van der Waals surface area (Å²) in [5.41, 5.74) is 9.49. The molecule has 0 fully saturated rings. The monoisotopic (exact) mass is 658 g/mol. The summed E-state index contributed by atoms with van der Waals surface area (Å²) in [7, 11) is 0. The summed E-state index contributed by atoms with van der Waals surface area (Å²) in [5.74, 6) is 6.99. The van der Waals surface area contributed by atoms with Gasteiger partial charge < -0.3 is 0 Å². The summed E-state index contributed by atoms with van der Waals surface area (Å²) >= 11 is 0. The van der Waals surface area contributed by atoms with Gasteiger partial charge in [0, 0.05) is 22.7 Å². The first-order valence-electron chi connectivity index (χ1n) is 17.0. The summed E-state index contributed by atoms with van der Waals surface area (Å²) in [6.45, 7) is 12.1. The van der Waals surface area contributed by atoms with Gasteiger partial charge in [-0.3, -0.25) is 4.57 Å². The zero-order valence-corrected chi connectivity index (χ0v) is 29.3. The van der Waals surface area contributed by atoms with Crippen molar-refractivity contribution >= 4 is 34.2 Å². The lowest BCUT2D eigenvalue weighted by atomic mass is 10.0. The molecule has 51 heavy (non-hydrogen) atoms. The fraction of sp³-hybridized carbons (Fsp3) is 0.0408. The number of nitrogens with zero attached hydrogens (tertiary/aromatic N) is 2. The standard InChI is InChI=1S/C49H42N2/c1-5-8-10-12-14-15-19-30-42(36-39(4)40-26-20-17-21-27-40)44-33-35-49(50-38-44)51-47(31-24-16-13-11-9-6-2)45(25-7-3)46-37-43(32-34-48(46)51)41-28-22-18-23-29-41/h5-12,14-15,17-38H,2,4H2,1,3H3/b8-5-,11-9-,12-10-,15-14+,25-7+,30-19+,31-24-,42-36+. The largest absolute Gasteiger partial charge is 0.294 e. The van der Waals surface area contributed by atoms with E-state index < -0.39 is 0 Å². The molecule has 0 saturated heterocycles. The van der Waals surface area contributed by atoms with Crippen LogP contribution >= 0.6 is 0 Å². The Morgan fingerprint density at radius 3 is 2.12 bits per heavy atom. The fourth-order valence-corrected chi connectivity index (χ4v) is 5.60. The summed E-state index contributed by atoms with van der Waals surface area (Å²) in [5, 5.41) is 1.14. The quantitative estimate of drug-likeness (QED) is 0.0963. The number of hydrogen-bond acceptors (Lipinski definition) is 1. The molecule has 5 rings (SSSR count). The average Bonchev–Trinajstić information content (AvgIpc) is 3.48. The van der Waals surface area contributed by atoms with Crippen LogP contribution in [0.4, 0.5) is 0 Å². The number of aromatic nitrogens is 2. The first kappa shape index (κ1) is 35.6. The first-order valence-corrected chi connectivity index (χ1v) is 17.0. The van der Waals surface area contributed by atoms with E-state index in [1.807, 2.05) is 99.0 Å². The summed E-state index contributed by atoms with van der Waals surface area (Å²) < 4.78 is 2.21. The molecule has 0 bridgehead atoms. The molecule has 0 N–H and O–H groups in total. The minimum atomic E-state index is 0.811. The highest BCUT2D eigenvalue weighted by atomic mass is 15.1. The zero-order chi connectivity index (χ0) is 35.7. The van der Waals surface area contributed by atoms with Gasteiger partial charge in [0.1, 0.15) is 5.82 Å². The van der Waals surface area contributed by atoms with Crippen LogP contribution in [0.25, 0.3) is 51.1 Å². The Bertz CT molecular complexity index is 2270. The van der Waals surface area contributed by atoms with Crippen LogP contribution in [0.1, 0.15) is 36.2 Å². The maximum Gasteiger partial charge on any atom is 0.137 e. The summed E-state index contributed by atoms with van der Waals surface area (Å²) in [6, 6.07) is 31.5. The number of pyridine rings is 1. The van der Waals surface area contributed by atoms with Crippen molar-refractivity contribution in [3.05, 3.63) is 218 Å². The molecule has 0 atom stereocenters. The number of rotatable bonds is 12. The van der Waals surface area contributed by atoms with Gasteiger partial charge in [0.25, 0.3) is 0 Å². The summed E-state index contributed by atoms with van der Waals surface area (Å²) in [4.78, 5) is 5.07. The van der Waals surface area contributed by atoms with Gasteiger partial charge in [0.05, 0.1) is 11.2 Å². The molecule has 3 aromatic carbocycles. The minimum Gasteiger partial charge on any atom is -0.294 e. The molecule has 0 spiro atoms. The molecule has 2 heterocycles. The first-order chi connectivity index (χ1) is 25.1. The van der Waals surface area contributed by atoms with E-state index in [-0.39, 0.29) is 0 Å². The fourth-order valence-electron chi connectivity index (χ4n) is 5.60. The molecule has 0 saturated carbocycles. The van der Waals surface area contributed by atoms with Crippen LogP contribution in [0.2, 0.25) is 0 Å². The maximum absolute atomic E-state index is 5.07. The van der Waals surface area contributed by atoms with E-state index in [4.69, 9.17) is 4.98 Å². The van der Waals surface area contributed by atoms with E-state index in [0.717, 1.165) is 55.8 Å². The molecule has 5 aromatic rings. The molecule has 0 unspecified atom stereocenters. The van der Waals surface area contributed by atoms with Crippen molar-refractivity contribution < 1.29 is 0 Å². The van der Waals surface area contributed by atoms with Crippen molar-refractivity contribution in [1.82, 2.24) is 9.55 Å². The molecule has 0 radical (unpaired) electrons. The normalized spacial score (nSPS) is 12.5. The van der Waals surface area contributed by atoms with Crippen molar-refractivity contribution in [2.24, 2.45) is 0 Å². The van der Waals surface area contributed by atoms with E-state index in [2.05, 4.69) is 127 Å². The predicted octanol–water partition coefficient (Wildman–Crippen LogP) is 12.8. The highest BCUT2D eigenvalue weighted by Gasteiger charge is 2.17. The second-order valence-electron chi connectivity index (χ2n) is 11.5. The van der Waals surface area contributed by atoms with Gasteiger partial charge in [-0.15, -0.1) is 0 Å².